The van der Waals surface area contributed by atoms with Gasteiger partial charge in [0.25, 0.3) is 5.56 Å². The fourth-order valence-corrected chi connectivity index (χ4v) is 3.78. The molecule has 0 spiro atoms. The smallest absolute Gasteiger partial charge is 0.424 e. The molecule has 37 heavy (non-hydrogen) atoms. The second-order valence-corrected chi connectivity index (χ2v) is 12.5. The normalized spacial score (nSPS) is 12.3. The third-order valence-corrected chi connectivity index (χ3v) is 5.64. The van der Waals surface area contributed by atoms with Crippen molar-refractivity contribution in [3.63, 3.8) is 0 Å². The Balaban J connectivity index is 2.40. The predicted octanol–water partition coefficient (Wildman–Crippen LogP) is 4.51. The van der Waals surface area contributed by atoms with E-state index in [0.29, 0.717) is 15.6 Å². The van der Waals surface area contributed by atoms with Crippen LogP contribution in [-0.4, -0.2) is 52.6 Å². The molecule has 0 saturated carbocycles. The average molecular weight is 551 g/mol. The molecule has 198 valence electrons. The SMILES string of the molecule is CC(C)(C)OC(=O)N(C(=O)OC(C)(C)C)c1cc(=O)n(-c2ccc(Cl)cc2)c2nc(S(C)(=O)=O)ncc12. The monoisotopic (exact) mass is 550 g/mol. The molecule has 0 fully saturated rings. The molecule has 0 radical (unpaired) electrons. The molecule has 3 aromatic rings. The molecule has 0 aliphatic carbocycles. The van der Waals surface area contributed by atoms with Crippen LogP contribution >= 0.6 is 11.6 Å². The van der Waals surface area contributed by atoms with Crippen molar-refractivity contribution in [3.8, 4) is 5.69 Å². The summed E-state index contributed by atoms with van der Waals surface area (Å²) in [5.74, 6) is 0. The number of nitrogens with zero attached hydrogens (tertiary/aromatic N) is 4. The van der Waals surface area contributed by atoms with E-state index >= 15 is 0 Å². The van der Waals surface area contributed by atoms with Crippen LogP contribution in [0.1, 0.15) is 41.5 Å². The van der Waals surface area contributed by atoms with E-state index in [4.69, 9.17) is 21.1 Å². The number of hydrogen-bond donors (Lipinski definition) is 0. The lowest BCUT2D eigenvalue weighted by molar-refractivity contribution is 0.0431. The van der Waals surface area contributed by atoms with Crippen molar-refractivity contribution < 1.29 is 27.5 Å². The fourth-order valence-electron chi connectivity index (χ4n) is 3.16. The summed E-state index contributed by atoms with van der Waals surface area (Å²) in [7, 11) is -3.88. The van der Waals surface area contributed by atoms with Gasteiger partial charge in [0, 0.05) is 23.5 Å². The molecule has 0 aliphatic heterocycles. The number of pyridine rings is 1. The summed E-state index contributed by atoms with van der Waals surface area (Å²) in [6.07, 6.45) is -0.198. The lowest BCUT2D eigenvalue weighted by atomic mass is 10.2. The van der Waals surface area contributed by atoms with E-state index in [1.807, 2.05) is 0 Å². The zero-order valence-corrected chi connectivity index (χ0v) is 23.0. The van der Waals surface area contributed by atoms with Gasteiger partial charge in [0.05, 0.1) is 16.8 Å². The largest absolute Gasteiger partial charge is 0.443 e. The maximum absolute atomic E-state index is 13.4. The Morgan fingerprint density at radius 2 is 1.49 bits per heavy atom. The van der Waals surface area contributed by atoms with Crippen LogP contribution in [0.3, 0.4) is 0 Å². The minimum atomic E-state index is -3.88. The highest BCUT2D eigenvalue weighted by molar-refractivity contribution is 7.90. The molecule has 2 heterocycles. The molecule has 0 aliphatic rings. The molecule has 2 aromatic heterocycles. The minimum absolute atomic E-state index is 0.0127. The Hall–Kier alpha value is -3.51. The number of carbonyl (C=O) groups is 2. The zero-order chi connectivity index (χ0) is 27.9. The number of carbonyl (C=O) groups excluding carboxylic acids is 2. The molecule has 0 unspecified atom stereocenters. The topological polar surface area (TPSA) is 138 Å². The number of imide groups is 1. The van der Waals surface area contributed by atoms with Gasteiger partial charge in [0.1, 0.15) is 11.2 Å². The first kappa shape index (κ1) is 28.1. The van der Waals surface area contributed by atoms with Gasteiger partial charge < -0.3 is 9.47 Å². The maximum Gasteiger partial charge on any atom is 0.424 e. The Morgan fingerprint density at radius 1 is 0.973 bits per heavy atom. The van der Waals surface area contributed by atoms with E-state index < -0.39 is 43.9 Å². The van der Waals surface area contributed by atoms with Crippen LogP contribution in [0.25, 0.3) is 16.7 Å². The summed E-state index contributed by atoms with van der Waals surface area (Å²) in [6, 6.07) is 7.16. The number of halogens is 1. The van der Waals surface area contributed by atoms with Gasteiger partial charge >= 0.3 is 12.2 Å². The summed E-state index contributed by atoms with van der Waals surface area (Å²) >= 11 is 5.98. The highest BCUT2D eigenvalue weighted by Gasteiger charge is 2.35. The lowest BCUT2D eigenvalue weighted by Gasteiger charge is -2.29. The first-order valence-corrected chi connectivity index (χ1v) is 13.3. The van der Waals surface area contributed by atoms with Crippen molar-refractivity contribution >= 4 is 50.3 Å². The molecule has 0 bridgehead atoms. The van der Waals surface area contributed by atoms with Gasteiger partial charge in [-0.25, -0.2) is 23.0 Å². The molecule has 11 nitrogen and oxygen atoms in total. The molecule has 0 atom stereocenters. The van der Waals surface area contributed by atoms with Crippen molar-refractivity contribution in [2.24, 2.45) is 0 Å². The molecular formula is C24H27ClN4O7S. The van der Waals surface area contributed by atoms with E-state index in [1.54, 1.807) is 41.5 Å². The second-order valence-electron chi connectivity index (χ2n) is 10.1. The van der Waals surface area contributed by atoms with E-state index in [2.05, 4.69) is 9.97 Å². The van der Waals surface area contributed by atoms with Gasteiger partial charge in [0.15, 0.2) is 5.65 Å². The third kappa shape index (κ3) is 6.63. The first-order valence-electron chi connectivity index (χ1n) is 11.0. The van der Waals surface area contributed by atoms with E-state index in [0.717, 1.165) is 23.1 Å². The van der Waals surface area contributed by atoms with Crippen LogP contribution in [0.15, 0.2) is 46.5 Å². The number of aromatic nitrogens is 3. The predicted molar refractivity (Wildman–Crippen MR) is 138 cm³/mol. The van der Waals surface area contributed by atoms with Gasteiger partial charge in [-0.05, 0) is 65.8 Å². The number of sulfone groups is 1. The number of rotatable bonds is 3. The van der Waals surface area contributed by atoms with E-state index in [-0.39, 0.29) is 16.7 Å². The van der Waals surface area contributed by atoms with Gasteiger partial charge in [0.2, 0.25) is 15.0 Å². The maximum atomic E-state index is 13.4. The van der Waals surface area contributed by atoms with Crippen LogP contribution in [0.4, 0.5) is 15.3 Å². The van der Waals surface area contributed by atoms with Gasteiger partial charge in [-0.1, -0.05) is 11.6 Å². The van der Waals surface area contributed by atoms with Gasteiger partial charge in [-0.2, -0.15) is 9.88 Å². The second kappa shape index (κ2) is 9.75. The number of benzene rings is 1. The zero-order valence-electron chi connectivity index (χ0n) is 21.4. The van der Waals surface area contributed by atoms with Crippen molar-refractivity contribution in [1.82, 2.24) is 14.5 Å². The Bertz CT molecular complexity index is 1510. The Morgan fingerprint density at radius 3 is 1.95 bits per heavy atom. The first-order chi connectivity index (χ1) is 16.9. The van der Waals surface area contributed by atoms with Crippen LogP contribution in [0, 0.1) is 0 Å². The molecule has 0 saturated heterocycles. The molecule has 2 amide bonds. The summed E-state index contributed by atoms with van der Waals surface area (Å²) in [4.78, 5) is 48.4. The van der Waals surface area contributed by atoms with Crippen LogP contribution in [0.2, 0.25) is 5.02 Å². The number of fused-ring (bicyclic) bond motifs is 1. The molecule has 0 N–H and O–H groups in total. The van der Waals surface area contributed by atoms with Crippen LogP contribution in [0.5, 0.6) is 0 Å². The molecule has 3 rings (SSSR count). The Labute approximate surface area is 218 Å². The van der Waals surface area contributed by atoms with Crippen molar-refractivity contribution in [2.45, 2.75) is 57.9 Å². The van der Waals surface area contributed by atoms with E-state index in [9.17, 15) is 22.8 Å². The van der Waals surface area contributed by atoms with Gasteiger partial charge in [-0.3, -0.25) is 9.36 Å². The van der Waals surface area contributed by atoms with Crippen molar-refractivity contribution in [3.05, 3.63) is 51.9 Å². The molecule has 13 heteroatoms. The molecule has 1 aromatic carbocycles. The van der Waals surface area contributed by atoms with E-state index in [1.165, 1.54) is 24.3 Å². The van der Waals surface area contributed by atoms with Crippen LogP contribution < -0.4 is 10.5 Å². The summed E-state index contributed by atoms with van der Waals surface area (Å²) in [5.41, 5.74) is -2.81. The quantitative estimate of drug-likeness (QED) is 0.431. The highest BCUT2D eigenvalue weighted by atomic mass is 35.5. The summed E-state index contributed by atoms with van der Waals surface area (Å²) < 4.78 is 36.4. The number of ether oxygens (including phenoxy) is 2. The summed E-state index contributed by atoms with van der Waals surface area (Å²) in [5, 5.41) is -0.135. The number of amides is 2. The van der Waals surface area contributed by atoms with Crippen LogP contribution in [-0.2, 0) is 19.3 Å². The third-order valence-electron chi connectivity index (χ3n) is 4.52. The number of hydrogen-bond acceptors (Lipinski definition) is 9. The highest BCUT2D eigenvalue weighted by Crippen LogP contribution is 2.29. The standard InChI is InChI=1S/C24H27ClN4O7S/c1-23(2,3)35-21(31)29(22(32)36-24(4,5)6)17-12-18(30)28(15-10-8-14(25)9-11-15)19-16(17)13-26-20(27-19)37(7,33)34/h8-13H,1-7H3. The van der Waals surface area contributed by atoms with Gasteiger partial charge in [-0.15, -0.1) is 0 Å². The lowest BCUT2D eigenvalue weighted by Crippen LogP contribution is -2.44. The minimum Gasteiger partial charge on any atom is -0.443 e. The average Bonchev–Trinajstić information content (AvgIpc) is 2.71. The van der Waals surface area contributed by atoms with Crippen molar-refractivity contribution in [1.29, 1.82) is 0 Å². The fraction of sp³-hybridized carbons (Fsp3) is 0.375. The Kier molecular flexibility index (Phi) is 7.39. The van der Waals surface area contributed by atoms with Crippen molar-refractivity contribution in [2.75, 3.05) is 11.2 Å². The summed E-state index contributed by atoms with van der Waals surface area (Å²) in [6.45, 7) is 9.64. The molecular weight excluding hydrogens is 524 g/mol. The number of anilines is 1.